The molecule has 0 bridgehead atoms. The zero-order valence-corrected chi connectivity index (χ0v) is 23.8. The second-order valence-electron chi connectivity index (χ2n) is 11.4. The number of Topliss-reactive ketones (excluding diaryl/α,β-unsaturated/α-hetero) is 1. The summed E-state index contributed by atoms with van der Waals surface area (Å²) in [7, 11) is 0. The highest BCUT2D eigenvalue weighted by Gasteiger charge is 2.49. The summed E-state index contributed by atoms with van der Waals surface area (Å²) < 4.78 is 19.0. The topological polar surface area (TPSA) is 99.6 Å². The van der Waals surface area contributed by atoms with Crippen molar-refractivity contribution in [1.29, 1.82) is 0 Å². The van der Waals surface area contributed by atoms with Crippen molar-refractivity contribution in [2.75, 3.05) is 0 Å². The van der Waals surface area contributed by atoms with Gasteiger partial charge in [0.05, 0.1) is 17.9 Å². The van der Waals surface area contributed by atoms with Crippen molar-refractivity contribution < 1.29 is 23.6 Å². The number of nitrogens with zero attached hydrogens (tertiary/aromatic N) is 2. The molecule has 3 unspecified atom stereocenters. The Bertz CT molecular complexity index is 1270. The van der Waals surface area contributed by atoms with Crippen molar-refractivity contribution in [2.24, 2.45) is 5.41 Å². The third kappa shape index (κ3) is 7.55. The normalized spacial score (nSPS) is 18.9. The average Bonchev–Trinajstić information content (AvgIpc) is 3.60. The number of imidazole rings is 1. The number of rotatable bonds is 12. The third-order valence-electron chi connectivity index (χ3n) is 7.22. The van der Waals surface area contributed by atoms with E-state index in [1.807, 2.05) is 65.0 Å². The minimum absolute atomic E-state index is 0.103. The number of alkyl carbamates (subject to hydrolysis) is 1. The molecule has 4 rings (SSSR count). The molecule has 2 aromatic carbocycles. The Morgan fingerprint density at radius 3 is 2.50 bits per heavy atom. The average molecular weight is 551 g/mol. The number of hydrogen-bond acceptors (Lipinski definition) is 6. The monoisotopic (exact) mass is 550 g/mol. The summed E-state index contributed by atoms with van der Waals surface area (Å²) in [5.41, 5.74) is 2.28. The highest BCUT2D eigenvalue weighted by Crippen LogP contribution is 2.35. The molecule has 9 heteroatoms. The van der Waals surface area contributed by atoms with Gasteiger partial charge in [0.1, 0.15) is 11.6 Å². The summed E-state index contributed by atoms with van der Waals surface area (Å²) in [5, 5.41) is 4.61. The van der Waals surface area contributed by atoms with Gasteiger partial charge in [-0.15, -0.1) is 5.06 Å². The van der Waals surface area contributed by atoms with Gasteiger partial charge in [0.2, 0.25) is 12.0 Å². The zero-order chi connectivity index (χ0) is 28.9. The van der Waals surface area contributed by atoms with Crippen LogP contribution >= 0.6 is 0 Å². The SMILES string of the molecule is CCCC[C@H](OC(=O)NC(Cc1ncc(-c2ccc(F)cc2)[nH]1)C(C)(C)C)C(=O)C1ON1[C@H](C)c1ccccc1. The minimum atomic E-state index is -0.910. The van der Waals surface area contributed by atoms with Crippen LogP contribution in [0.15, 0.2) is 60.8 Å². The molecule has 1 aromatic heterocycles. The first-order valence-electron chi connectivity index (χ1n) is 13.9. The molecule has 1 saturated heterocycles. The first kappa shape index (κ1) is 29.4. The molecule has 214 valence electrons. The molecule has 0 saturated carbocycles. The van der Waals surface area contributed by atoms with E-state index in [0.29, 0.717) is 18.7 Å². The fourth-order valence-corrected chi connectivity index (χ4v) is 4.56. The molecule has 0 radical (unpaired) electrons. The minimum Gasteiger partial charge on any atom is -0.438 e. The van der Waals surface area contributed by atoms with E-state index >= 15 is 0 Å². The molecule has 2 N–H and O–H groups in total. The highest BCUT2D eigenvalue weighted by atomic mass is 19.1. The molecule has 0 aliphatic carbocycles. The zero-order valence-electron chi connectivity index (χ0n) is 23.8. The number of aromatic amines is 1. The van der Waals surface area contributed by atoms with Gasteiger partial charge >= 0.3 is 6.09 Å². The van der Waals surface area contributed by atoms with E-state index < -0.39 is 18.4 Å². The summed E-state index contributed by atoms with van der Waals surface area (Å²) in [6, 6.07) is 15.5. The first-order valence-corrected chi connectivity index (χ1v) is 13.9. The van der Waals surface area contributed by atoms with Gasteiger partial charge in [-0.3, -0.25) is 9.63 Å². The van der Waals surface area contributed by atoms with E-state index in [1.165, 1.54) is 12.1 Å². The molecule has 3 aromatic rings. The Kier molecular flexibility index (Phi) is 9.37. The summed E-state index contributed by atoms with van der Waals surface area (Å²) in [4.78, 5) is 39.8. The van der Waals surface area contributed by atoms with Crippen molar-refractivity contribution in [1.82, 2.24) is 20.3 Å². The number of unbranched alkanes of at least 4 members (excludes halogenated alkanes) is 1. The van der Waals surface area contributed by atoms with Crippen molar-refractivity contribution in [3.05, 3.63) is 78.0 Å². The number of benzene rings is 2. The number of hydrogen-bond donors (Lipinski definition) is 2. The van der Waals surface area contributed by atoms with Gasteiger partial charge in [-0.25, -0.2) is 14.2 Å². The number of amides is 1. The quantitative estimate of drug-likeness (QED) is 0.255. The molecule has 1 fully saturated rings. The van der Waals surface area contributed by atoms with Crippen molar-refractivity contribution in [2.45, 2.75) is 84.7 Å². The maximum absolute atomic E-state index is 13.3. The van der Waals surface area contributed by atoms with Crippen LogP contribution in [0.25, 0.3) is 11.3 Å². The second kappa shape index (κ2) is 12.7. The van der Waals surface area contributed by atoms with Gasteiger partial charge in [-0.2, -0.15) is 0 Å². The molecule has 0 spiro atoms. The molecule has 1 aliphatic heterocycles. The molecule has 1 aliphatic rings. The summed E-state index contributed by atoms with van der Waals surface area (Å²) >= 11 is 0. The van der Waals surface area contributed by atoms with Crippen LogP contribution < -0.4 is 5.32 Å². The van der Waals surface area contributed by atoms with E-state index in [-0.39, 0.29) is 29.1 Å². The number of hydroxylamine groups is 2. The molecule has 1 amide bonds. The number of nitrogens with one attached hydrogen (secondary N) is 2. The number of carbonyl (C=O) groups excluding carboxylic acids is 2. The molecule has 2 heterocycles. The van der Waals surface area contributed by atoms with E-state index in [1.54, 1.807) is 23.4 Å². The van der Waals surface area contributed by atoms with Crippen LogP contribution in [0, 0.1) is 11.2 Å². The number of ketones is 1. The van der Waals surface area contributed by atoms with Gasteiger partial charge in [-0.05, 0) is 60.6 Å². The van der Waals surface area contributed by atoms with Crippen LogP contribution in [0.5, 0.6) is 0 Å². The lowest BCUT2D eigenvalue weighted by Gasteiger charge is -2.31. The van der Waals surface area contributed by atoms with Crippen LogP contribution in [0.2, 0.25) is 0 Å². The Hall–Kier alpha value is -3.56. The Balaban J connectivity index is 1.39. The Morgan fingerprint density at radius 1 is 1.15 bits per heavy atom. The van der Waals surface area contributed by atoms with Crippen LogP contribution in [0.3, 0.4) is 0 Å². The number of halogens is 1. The lowest BCUT2D eigenvalue weighted by molar-refractivity contribution is -0.129. The number of carbonyl (C=O) groups is 2. The van der Waals surface area contributed by atoms with E-state index in [4.69, 9.17) is 9.57 Å². The van der Waals surface area contributed by atoms with Gasteiger partial charge in [0.25, 0.3) is 0 Å². The summed E-state index contributed by atoms with van der Waals surface area (Å²) in [5.74, 6) is 0.116. The van der Waals surface area contributed by atoms with Crippen LogP contribution in [-0.4, -0.2) is 45.3 Å². The number of H-pyrrole nitrogens is 1. The summed E-state index contributed by atoms with van der Waals surface area (Å²) in [6.07, 6.45) is 1.84. The van der Waals surface area contributed by atoms with Crippen LogP contribution in [0.4, 0.5) is 9.18 Å². The largest absolute Gasteiger partial charge is 0.438 e. The molecule has 5 atom stereocenters. The van der Waals surface area contributed by atoms with Gasteiger partial charge in [0, 0.05) is 12.5 Å². The van der Waals surface area contributed by atoms with Gasteiger partial charge in [0.15, 0.2) is 6.10 Å². The fraction of sp³-hybridized carbons (Fsp3) is 0.452. The number of aromatic nitrogens is 2. The van der Waals surface area contributed by atoms with Crippen molar-refractivity contribution >= 4 is 11.9 Å². The predicted octanol–water partition coefficient (Wildman–Crippen LogP) is 6.36. The highest BCUT2D eigenvalue weighted by molar-refractivity contribution is 5.90. The molecule has 40 heavy (non-hydrogen) atoms. The molecule has 8 nitrogen and oxygen atoms in total. The standard InChI is InChI=1S/C31H39FN4O4/c1-6-7-13-25(28(37)29-36(40-29)20(2)21-11-9-8-10-12-21)39-30(38)35-26(31(3,4)5)18-27-33-19-24(34-27)22-14-16-23(32)17-15-22/h8-12,14-17,19-20,25-26,29H,6-7,13,18H2,1-5H3,(H,33,34)(H,35,38)/t20-,25+,26?,29?,36?/m1/s1. The van der Waals surface area contributed by atoms with Crippen molar-refractivity contribution in [3.63, 3.8) is 0 Å². The lowest BCUT2D eigenvalue weighted by Crippen LogP contribution is -2.47. The second-order valence-corrected chi connectivity index (χ2v) is 11.4. The van der Waals surface area contributed by atoms with E-state index in [0.717, 1.165) is 29.7 Å². The van der Waals surface area contributed by atoms with Crippen LogP contribution in [0.1, 0.15) is 71.3 Å². The third-order valence-corrected chi connectivity index (χ3v) is 7.22. The molecular formula is C31H39FN4O4. The fourth-order valence-electron chi connectivity index (χ4n) is 4.56. The lowest BCUT2D eigenvalue weighted by atomic mass is 9.84. The van der Waals surface area contributed by atoms with Gasteiger partial charge < -0.3 is 15.0 Å². The predicted molar refractivity (Wildman–Crippen MR) is 150 cm³/mol. The smallest absolute Gasteiger partial charge is 0.408 e. The number of ether oxygens (including phenoxy) is 1. The van der Waals surface area contributed by atoms with E-state index in [2.05, 4.69) is 15.3 Å². The van der Waals surface area contributed by atoms with Gasteiger partial charge in [-0.1, -0.05) is 64.4 Å². The Morgan fingerprint density at radius 2 is 1.85 bits per heavy atom. The maximum Gasteiger partial charge on any atom is 0.408 e. The first-order chi connectivity index (χ1) is 19.1. The maximum atomic E-state index is 13.3. The summed E-state index contributed by atoms with van der Waals surface area (Å²) in [6.45, 7) is 10.0. The van der Waals surface area contributed by atoms with Crippen LogP contribution in [-0.2, 0) is 20.8 Å². The Labute approximate surface area is 235 Å². The van der Waals surface area contributed by atoms with Crippen molar-refractivity contribution in [3.8, 4) is 11.3 Å². The van der Waals surface area contributed by atoms with E-state index in [9.17, 15) is 14.0 Å². The molecular weight excluding hydrogens is 511 g/mol.